The maximum Gasteiger partial charge on any atom is 0.361 e. The van der Waals surface area contributed by atoms with Gasteiger partial charge in [-0.05, 0) is 51.4 Å². The number of allylic oxidation sites excluding steroid dienone is 8. The van der Waals surface area contributed by atoms with E-state index in [1.54, 1.807) is 0 Å². The third-order valence-corrected chi connectivity index (χ3v) is 11.8. The van der Waals surface area contributed by atoms with Crippen LogP contribution in [-0.2, 0) is 33.3 Å². The lowest BCUT2D eigenvalue weighted by Crippen LogP contribution is -2.40. The van der Waals surface area contributed by atoms with Crippen LogP contribution in [0.3, 0.4) is 0 Å². The van der Waals surface area contributed by atoms with E-state index in [9.17, 15) is 19.5 Å². The Morgan fingerprint density at radius 2 is 0.864 bits per heavy atom. The highest BCUT2D eigenvalue weighted by Crippen LogP contribution is 2.17. The van der Waals surface area contributed by atoms with Crippen LogP contribution in [0, 0.1) is 0 Å². The number of ether oxygens (including phenoxy) is 4. The molecular weight excluding hydrogens is 827 g/mol. The van der Waals surface area contributed by atoms with Crippen molar-refractivity contribution >= 4 is 17.9 Å². The van der Waals surface area contributed by atoms with E-state index in [4.69, 9.17) is 18.9 Å². The molecule has 66 heavy (non-hydrogen) atoms. The van der Waals surface area contributed by atoms with E-state index in [2.05, 4.69) is 62.5 Å². The van der Waals surface area contributed by atoms with Gasteiger partial charge in [0.1, 0.15) is 13.2 Å². The summed E-state index contributed by atoms with van der Waals surface area (Å²) in [4.78, 5) is 37.1. The summed E-state index contributed by atoms with van der Waals surface area (Å²) >= 11 is 0. The molecule has 2 unspecified atom stereocenters. The predicted octanol–water partition coefficient (Wildman–Crippen LogP) is 15.5. The van der Waals surface area contributed by atoms with Gasteiger partial charge in [0, 0.05) is 12.8 Å². The normalized spacial score (nSPS) is 13.2. The Bertz CT molecular complexity index is 1220. The molecule has 0 aromatic carbocycles. The van der Waals surface area contributed by atoms with Gasteiger partial charge >= 0.3 is 17.9 Å². The van der Waals surface area contributed by atoms with Crippen molar-refractivity contribution in [3.8, 4) is 0 Å². The molecule has 1 N–H and O–H groups in total. The summed E-state index contributed by atoms with van der Waals surface area (Å²) in [6, 6.07) is 0. The molecule has 0 aliphatic rings. The number of carbonyl (C=O) groups excluding carboxylic acids is 2. The van der Waals surface area contributed by atoms with Gasteiger partial charge in [0.2, 0.25) is 0 Å². The Labute approximate surface area is 406 Å². The first-order valence-electron chi connectivity index (χ1n) is 27.3. The lowest BCUT2D eigenvalue weighted by molar-refractivity contribution is -0.870. The van der Waals surface area contributed by atoms with Crippen molar-refractivity contribution < 1.29 is 42.9 Å². The van der Waals surface area contributed by atoms with Crippen molar-refractivity contribution in [2.75, 3.05) is 47.5 Å². The molecule has 0 rings (SSSR count). The summed E-state index contributed by atoms with van der Waals surface area (Å²) in [5.41, 5.74) is 0. The van der Waals surface area contributed by atoms with Crippen molar-refractivity contribution in [1.82, 2.24) is 0 Å². The van der Waals surface area contributed by atoms with Gasteiger partial charge in [0.15, 0.2) is 6.10 Å². The number of hydrogen-bond donors (Lipinski definition) is 1. The van der Waals surface area contributed by atoms with Gasteiger partial charge in [-0.3, -0.25) is 9.59 Å². The molecule has 0 aromatic rings. The van der Waals surface area contributed by atoms with Crippen LogP contribution < -0.4 is 0 Å². The number of aliphatic carboxylic acids is 1. The summed E-state index contributed by atoms with van der Waals surface area (Å²) < 4.78 is 22.7. The fraction of sp³-hybridized carbons (Fsp3) is 0.807. The van der Waals surface area contributed by atoms with Gasteiger partial charge in [-0.25, -0.2) is 4.79 Å². The summed E-state index contributed by atoms with van der Waals surface area (Å²) in [5, 5.41) is 9.64. The second-order valence-electron chi connectivity index (χ2n) is 19.5. The van der Waals surface area contributed by atoms with Crippen LogP contribution in [0.4, 0.5) is 0 Å². The molecule has 9 nitrogen and oxygen atoms in total. The zero-order valence-electron chi connectivity index (χ0n) is 43.6. The highest BCUT2D eigenvalue weighted by atomic mass is 16.7. The fourth-order valence-corrected chi connectivity index (χ4v) is 7.65. The molecule has 0 radical (unpaired) electrons. The largest absolute Gasteiger partial charge is 0.477 e. The first-order valence-corrected chi connectivity index (χ1v) is 27.3. The van der Waals surface area contributed by atoms with Crippen LogP contribution in [0.1, 0.15) is 239 Å². The number of quaternary nitrogens is 1. The number of nitrogens with zero attached hydrogens (tertiary/aromatic N) is 1. The number of carboxylic acid groups (broad SMARTS) is 1. The molecule has 0 saturated carbocycles. The lowest BCUT2D eigenvalue weighted by atomic mass is 10.0. The van der Waals surface area contributed by atoms with Gasteiger partial charge in [0.25, 0.3) is 6.29 Å². The number of likely N-dealkylation sites (N-methyl/N-ethyl adjacent to an activating group) is 1. The molecule has 0 aliphatic heterocycles. The van der Waals surface area contributed by atoms with Crippen LogP contribution >= 0.6 is 0 Å². The van der Waals surface area contributed by atoms with Crippen molar-refractivity contribution in [3.05, 3.63) is 48.6 Å². The summed E-state index contributed by atoms with van der Waals surface area (Å²) in [5.74, 6) is -2.00. The molecule has 0 aliphatic carbocycles. The maximum absolute atomic E-state index is 12.8. The van der Waals surface area contributed by atoms with Gasteiger partial charge in [0.05, 0.1) is 34.4 Å². The Morgan fingerprint density at radius 1 is 0.470 bits per heavy atom. The maximum atomic E-state index is 12.8. The minimum absolute atomic E-state index is 0.178. The van der Waals surface area contributed by atoms with Crippen molar-refractivity contribution in [3.63, 3.8) is 0 Å². The lowest BCUT2D eigenvalue weighted by Gasteiger charge is -2.25. The number of unbranched alkanes of at least 4 members (excludes halogenated alkanes) is 27. The smallest absolute Gasteiger partial charge is 0.361 e. The molecule has 2 atom stereocenters. The molecular formula is C57H104NO8+. The van der Waals surface area contributed by atoms with Crippen molar-refractivity contribution in [2.24, 2.45) is 0 Å². The Kier molecular flexibility index (Phi) is 46.7. The summed E-state index contributed by atoms with van der Waals surface area (Å²) in [6.45, 7) is 4.74. The minimum Gasteiger partial charge on any atom is -0.477 e. The van der Waals surface area contributed by atoms with Gasteiger partial charge in [-0.15, -0.1) is 0 Å². The zero-order chi connectivity index (χ0) is 48.4. The second-order valence-corrected chi connectivity index (χ2v) is 19.5. The van der Waals surface area contributed by atoms with E-state index >= 15 is 0 Å². The zero-order valence-corrected chi connectivity index (χ0v) is 43.6. The fourth-order valence-electron chi connectivity index (χ4n) is 7.65. The molecule has 9 heteroatoms. The Hall–Kier alpha value is -2.75. The Morgan fingerprint density at radius 3 is 1.29 bits per heavy atom. The van der Waals surface area contributed by atoms with E-state index in [1.807, 2.05) is 21.1 Å². The monoisotopic (exact) mass is 931 g/mol. The molecule has 384 valence electrons. The predicted molar refractivity (Wildman–Crippen MR) is 277 cm³/mol. The summed E-state index contributed by atoms with van der Waals surface area (Å²) in [7, 11) is 5.96. The van der Waals surface area contributed by atoms with Crippen LogP contribution in [0.2, 0.25) is 0 Å². The van der Waals surface area contributed by atoms with Gasteiger partial charge in [-0.1, -0.05) is 223 Å². The molecule has 0 heterocycles. The average Bonchev–Trinajstić information content (AvgIpc) is 3.28. The topological polar surface area (TPSA) is 108 Å². The van der Waals surface area contributed by atoms with Crippen molar-refractivity contribution in [1.29, 1.82) is 0 Å². The first-order chi connectivity index (χ1) is 32.1. The molecule has 0 amide bonds. The Balaban J connectivity index is 3.98. The summed E-state index contributed by atoms with van der Waals surface area (Å²) in [6.07, 6.45) is 56.5. The molecule has 0 saturated heterocycles. The SMILES string of the molecule is CC/C=C\C/C=C\C/C=C\C/C=C\CCCCCCCCCCCCCCCCCCCCCCC(=O)OC(COC(=O)CCCCCCCCCC)COC(OCC[N+](C)(C)C)C(=O)O. The number of carboxylic acids is 1. The number of hydrogen-bond acceptors (Lipinski definition) is 7. The average molecular weight is 931 g/mol. The highest BCUT2D eigenvalue weighted by molar-refractivity contribution is 5.71. The van der Waals surface area contributed by atoms with E-state index in [0.717, 1.165) is 64.2 Å². The van der Waals surface area contributed by atoms with Gasteiger partial charge < -0.3 is 28.5 Å². The molecule has 0 bridgehead atoms. The van der Waals surface area contributed by atoms with Crippen LogP contribution in [0.25, 0.3) is 0 Å². The van der Waals surface area contributed by atoms with E-state index in [1.165, 1.54) is 148 Å². The van der Waals surface area contributed by atoms with Crippen LogP contribution in [0.5, 0.6) is 0 Å². The second kappa shape index (κ2) is 48.7. The van der Waals surface area contributed by atoms with Crippen LogP contribution in [0.15, 0.2) is 48.6 Å². The van der Waals surface area contributed by atoms with Crippen LogP contribution in [-0.4, -0.2) is 87.4 Å². The van der Waals surface area contributed by atoms with Crippen molar-refractivity contribution in [2.45, 2.75) is 251 Å². The highest BCUT2D eigenvalue weighted by Gasteiger charge is 2.25. The third kappa shape index (κ3) is 49.2. The van der Waals surface area contributed by atoms with E-state index in [-0.39, 0.29) is 32.2 Å². The first kappa shape index (κ1) is 63.2. The number of esters is 2. The minimum atomic E-state index is -1.50. The van der Waals surface area contributed by atoms with E-state index < -0.39 is 24.3 Å². The third-order valence-electron chi connectivity index (χ3n) is 11.8. The van der Waals surface area contributed by atoms with E-state index in [0.29, 0.717) is 17.4 Å². The number of rotatable bonds is 50. The number of carbonyl (C=O) groups is 3. The molecule has 0 fully saturated rings. The van der Waals surface area contributed by atoms with Gasteiger partial charge in [-0.2, -0.15) is 0 Å². The quantitative estimate of drug-likeness (QED) is 0.0211. The molecule has 0 spiro atoms. The standard InChI is InChI=1S/C57H103NO8/c1-6-8-10-12-14-16-17-18-19-20-21-22-23-24-25-26-27-28-29-30-31-32-33-34-35-36-37-38-39-40-42-44-46-48-55(60)66-53(52-65-57(56(61)62)63-50-49-58(3,4)5)51-64-54(59)47-45-43-41-15-13-11-9-7-2/h8,10,14,16,18-19,21-22,53,57H,6-7,9,11-13,15,17,20,23-52H2,1-5H3/p+1/b10-8-,16-14-,19-18-,22-21-. The molecule has 0 aromatic heterocycles.